The Balaban J connectivity index is 2.28. The molecule has 1 aromatic heterocycles. The molecule has 0 aliphatic carbocycles. The van der Waals surface area contributed by atoms with E-state index in [0.29, 0.717) is 0 Å². The van der Waals surface area contributed by atoms with E-state index in [1.807, 2.05) is 0 Å². The van der Waals surface area contributed by atoms with E-state index in [0.717, 1.165) is 25.3 Å². The second kappa shape index (κ2) is 6.84. The maximum Gasteiger partial charge on any atom is 0.325 e. The number of carbonyl (C=O) groups excluding carboxylic acids is 1. The van der Waals surface area contributed by atoms with E-state index in [9.17, 15) is 17.6 Å². The number of sulfonamides is 1. The third kappa shape index (κ3) is 4.11. The summed E-state index contributed by atoms with van der Waals surface area (Å²) in [5.74, 6) is -1.32. The number of hydrogen-bond donors (Lipinski definition) is 1. The Labute approximate surface area is 132 Å². The number of esters is 1. The summed E-state index contributed by atoms with van der Waals surface area (Å²) < 4.78 is 46.1. The summed E-state index contributed by atoms with van der Waals surface area (Å²) in [7, 11) is -2.90. The Kier molecular flexibility index (Phi) is 5.06. The molecule has 1 N–H and O–H groups in total. The average molecular weight is 342 g/mol. The molecule has 0 bridgehead atoms. The molecule has 2 rings (SSSR count). The number of ether oxygens (including phenoxy) is 1. The summed E-state index contributed by atoms with van der Waals surface area (Å²) in [5.41, 5.74) is 0.224. The van der Waals surface area contributed by atoms with Crippen LogP contribution in [0.15, 0.2) is 35.7 Å². The maximum absolute atomic E-state index is 13.1. The molecule has 1 aromatic carbocycles. The molecule has 0 saturated heterocycles. The van der Waals surface area contributed by atoms with Crippen molar-refractivity contribution in [1.82, 2.24) is 19.5 Å². The van der Waals surface area contributed by atoms with Crippen LogP contribution in [0.3, 0.4) is 0 Å². The molecule has 0 aliphatic heterocycles. The molecule has 0 spiro atoms. The third-order valence-electron chi connectivity index (χ3n) is 3.05. The van der Waals surface area contributed by atoms with Gasteiger partial charge in [0, 0.05) is 0 Å². The molecule has 0 aliphatic rings. The van der Waals surface area contributed by atoms with E-state index < -0.39 is 27.9 Å². The average Bonchev–Trinajstić information content (AvgIpc) is 2.98. The van der Waals surface area contributed by atoms with Crippen molar-refractivity contribution < 1.29 is 22.3 Å². The molecule has 0 fully saturated rings. The van der Waals surface area contributed by atoms with Gasteiger partial charge in [0.05, 0.1) is 18.6 Å². The number of rotatable bonds is 6. The maximum atomic E-state index is 13.1. The molecule has 124 valence electrons. The molecule has 0 amide bonds. The number of nitrogens with one attached hydrogen (secondary N) is 1. The molecular formula is C13H15FN4O4S. The lowest BCUT2D eigenvalue weighted by molar-refractivity contribution is -0.143. The van der Waals surface area contributed by atoms with Crippen LogP contribution in [0.4, 0.5) is 4.39 Å². The molecule has 1 unspecified atom stereocenters. The lowest BCUT2D eigenvalue weighted by Crippen LogP contribution is -2.44. The summed E-state index contributed by atoms with van der Waals surface area (Å²) >= 11 is 0. The van der Waals surface area contributed by atoms with Crippen molar-refractivity contribution in [1.29, 1.82) is 0 Å². The zero-order chi connectivity index (χ0) is 17.0. The summed E-state index contributed by atoms with van der Waals surface area (Å²) in [6.07, 6.45) is 2.60. The van der Waals surface area contributed by atoms with Gasteiger partial charge in [0.2, 0.25) is 10.0 Å². The van der Waals surface area contributed by atoms with Crippen LogP contribution in [0.25, 0.3) is 0 Å². The number of benzene rings is 1. The normalized spacial score (nSPS) is 12.8. The summed E-state index contributed by atoms with van der Waals surface area (Å²) in [5, 5.41) is 3.82. The van der Waals surface area contributed by atoms with Crippen LogP contribution in [0.5, 0.6) is 0 Å². The van der Waals surface area contributed by atoms with Gasteiger partial charge in [0.25, 0.3) is 0 Å². The SMILES string of the molecule is COC(=O)C(Cn1cncn1)NS(=O)(=O)c1ccc(F)cc1C. The van der Waals surface area contributed by atoms with Gasteiger partial charge in [-0.15, -0.1) is 0 Å². The van der Waals surface area contributed by atoms with Crippen LogP contribution in [-0.4, -0.2) is 42.3 Å². The molecule has 23 heavy (non-hydrogen) atoms. The smallest absolute Gasteiger partial charge is 0.325 e. The topological polar surface area (TPSA) is 103 Å². The number of carbonyl (C=O) groups is 1. The zero-order valence-electron chi connectivity index (χ0n) is 12.4. The number of aromatic nitrogens is 3. The number of aryl methyl sites for hydroxylation is 1. The van der Waals surface area contributed by atoms with Crippen LogP contribution < -0.4 is 4.72 Å². The Morgan fingerprint density at radius 1 is 1.48 bits per heavy atom. The molecular weight excluding hydrogens is 327 g/mol. The summed E-state index contributed by atoms with van der Waals surface area (Å²) in [4.78, 5) is 15.4. The van der Waals surface area contributed by atoms with Crippen LogP contribution in [0.1, 0.15) is 5.56 Å². The summed E-state index contributed by atoms with van der Waals surface area (Å²) in [6.45, 7) is 1.37. The predicted octanol–water partition coefficient (Wildman–Crippen LogP) is 0.246. The minimum Gasteiger partial charge on any atom is -0.468 e. The Hall–Kier alpha value is -2.33. The summed E-state index contributed by atoms with van der Waals surface area (Å²) in [6, 6.07) is 2.07. The van der Waals surface area contributed by atoms with E-state index in [-0.39, 0.29) is 17.0 Å². The molecule has 8 nitrogen and oxygen atoms in total. The van der Waals surface area contributed by atoms with Crippen molar-refractivity contribution in [3.8, 4) is 0 Å². The van der Waals surface area contributed by atoms with Gasteiger partial charge in [0.1, 0.15) is 24.5 Å². The minimum atomic E-state index is -4.04. The fourth-order valence-electron chi connectivity index (χ4n) is 1.98. The van der Waals surface area contributed by atoms with Gasteiger partial charge in [-0.3, -0.25) is 9.48 Å². The van der Waals surface area contributed by atoms with Gasteiger partial charge in [-0.25, -0.2) is 17.8 Å². The standard InChI is InChI=1S/C13H15FN4O4S/c1-9-5-10(14)3-4-12(9)23(20,21)17-11(13(19)22-2)6-18-8-15-7-16-18/h3-5,7-8,11,17H,6H2,1-2H3. The third-order valence-corrected chi connectivity index (χ3v) is 4.68. The highest BCUT2D eigenvalue weighted by atomic mass is 32.2. The van der Waals surface area contributed by atoms with Crippen molar-refractivity contribution in [3.05, 3.63) is 42.2 Å². The van der Waals surface area contributed by atoms with E-state index >= 15 is 0 Å². The van der Waals surface area contributed by atoms with Gasteiger partial charge < -0.3 is 4.74 Å². The van der Waals surface area contributed by atoms with Gasteiger partial charge in [0.15, 0.2) is 0 Å². The van der Waals surface area contributed by atoms with Crippen LogP contribution in [0, 0.1) is 12.7 Å². The van der Waals surface area contributed by atoms with Crippen LogP contribution in [-0.2, 0) is 26.1 Å². The molecule has 0 radical (unpaired) electrons. The first-order chi connectivity index (χ1) is 10.8. The van der Waals surface area contributed by atoms with Gasteiger partial charge >= 0.3 is 5.97 Å². The number of hydrogen-bond acceptors (Lipinski definition) is 6. The predicted molar refractivity (Wildman–Crippen MR) is 77.3 cm³/mol. The van der Waals surface area contributed by atoms with Gasteiger partial charge in [-0.1, -0.05) is 0 Å². The van der Waals surface area contributed by atoms with E-state index in [4.69, 9.17) is 0 Å². The fraction of sp³-hybridized carbons (Fsp3) is 0.308. The van der Waals surface area contributed by atoms with Crippen molar-refractivity contribution in [3.63, 3.8) is 0 Å². The highest BCUT2D eigenvalue weighted by molar-refractivity contribution is 7.89. The largest absolute Gasteiger partial charge is 0.468 e. The molecule has 1 atom stereocenters. The van der Waals surface area contributed by atoms with Crippen LogP contribution in [0.2, 0.25) is 0 Å². The van der Waals surface area contributed by atoms with Gasteiger partial charge in [-0.05, 0) is 30.7 Å². The quantitative estimate of drug-likeness (QED) is 0.755. The fourth-order valence-corrected chi connectivity index (χ4v) is 3.38. The molecule has 2 aromatic rings. The lowest BCUT2D eigenvalue weighted by Gasteiger charge is -2.17. The number of nitrogens with zero attached hydrogens (tertiary/aromatic N) is 3. The molecule has 1 heterocycles. The van der Waals surface area contributed by atoms with Gasteiger partial charge in [-0.2, -0.15) is 9.82 Å². The monoisotopic (exact) mass is 342 g/mol. The molecule has 0 saturated carbocycles. The zero-order valence-corrected chi connectivity index (χ0v) is 13.2. The first-order valence-corrected chi connectivity index (χ1v) is 8.00. The van der Waals surface area contributed by atoms with Crippen LogP contribution >= 0.6 is 0 Å². The van der Waals surface area contributed by atoms with E-state index in [1.165, 1.54) is 24.3 Å². The number of halogens is 1. The van der Waals surface area contributed by atoms with Crippen molar-refractivity contribution in [2.45, 2.75) is 24.4 Å². The first-order valence-electron chi connectivity index (χ1n) is 6.52. The second-order valence-electron chi connectivity index (χ2n) is 4.72. The Bertz CT molecular complexity index is 792. The van der Waals surface area contributed by atoms with Crippen molar-refractivity contribution in [2.75, 3.05) is 7.11 Å². The van der Waals surface area contributed by atoms with E-state index in [1.54, 1.807) is 0 Å². The van der Waals surface area contributed by atoms with Crippen molar-refractivity contribution in [2.24, 2.45) is 0 Å². The highest BCUT2D eigenvalue weighted by Gasteiger charge is 2.28. The first kappa shape index (κ1) is 17.0. The van der Waals surface area contributed by atoms with Crippen molar-refractivity contribution >= 4 is 16.0 Å². The minimum absolute atomic E-state index is 0.0911. The van der Waals surface area contributed by atoms with E-state index in [2.05, 4.69) is 19.5 Å². The lowest BCUT2D eigenvalue weighted by atomic mass is 10.2. The Morgan fingerprint density at radius 2 is 2.22 bits per heavy atom. The Morgan fingerprint density at radius 3 is 2.78 bits per heavy atom. The second-order valence-corrected chi connectivity index (χ2v) is 6.41. The molecule has 10 heteroatoms. The number of methoxy groups -OCH3 is 1. The highest BCUT2D eigenvalue weighted by Crippen LogP contribution is 2.16.